The Morgan fingerprint density at radius 3 is 2.81 bits per heavy atom. The summed E-state index contributed by atoms with van der Waals surface area (Å²) in [5.41, 5.74) is 1.70. The van der Waals surface area contributed by atoms with Crippen molar-refractivity contribution in [3.05, 3.63) is 17.6 Å². The number of fused-ring (bicyclic) bond motifs is 1. The second-order valence-electron chi connectivity index (χ2n) is 5.50. The molecule has 6 heteroatoms. The molecular formula is C15H20N4O2. The summed E-state index contributed by atoms with van der Waals surface area (Å²) >= 11 is 0. The summed E-state index contributed by atoms with van der Waals surface area (Å²) in [7, 11) is 1.61. The Balaban J connectivity index is 2.20. The Hall–Kier alpha value is -1.95. The summed E-state index contributed by atoms with van der Waals surface area (Å²) in [6, 6.07) is 1.94. The molecule has 1 aliphatic heterocycles. The van der Waals surface area contributed by atoms with Crippen molar-refractivity contribution in [1.29, 1.82) is 0 Å². The van der Waals surface area contributed by atoms with Crippen molar-refractivity contribution in [2.75, 3.05) is 25.1 Å². The lowest BCUT2D eigenvalue weighted by Crippen LogP contribution is -2.39. The predicted octanol–water partition coefficient (Wildman–Crippen LogP) is 1.61. The van der Waals surface area contributed by atoms with Gasteiger partial charge in [0.05, 0.1) is 18.7 Å². The topological polar surface area (TPSA) is 71.4 Å². The molecular weight excluding hydrogens is 268 g/mol. The highest BCUT2D eigenvalue weighted by molar-refractivity contribution is 5.94. The third kappa shape index (κ3) is 2.63. The van der Waals surface area contributed by atoms with Gasteiger partial charge in [0.1, 0.15) is 17.0 Å². The first-order valence-corrected chi connectivity index (χ1v) is 7.21. The van der Waals surface area contributed by atoms with Gasteiger partial charge in [0.15, 0.2) is 0 Å². The minimum absolute atomic E-state index is 0.312. The van der Waals surface area contributed by atoms with Crippen LogP contribution in [0.3, 0.4) is 0 Å². The van der Waals surface area contributed by atoms with E-state index in [1.165, 1.54) is 0 Å². The molecule has 0 saturated carbocycles. The number of piperidine rings is 1. The summed E-state index contributed by atoms with van der Waals surface area (Å²) in [6.45, 7) is 5.26. The van der Waals surface area contributed by atoms with Crippen molar-refractivity contribution in [3.8, 4) is 5.88 Å². The van der Waals surface area contributed by atoms with E-state index in [9.17, 15) is 5.11 Å². The highest BCUT2D eigenvalue weighted by Crippen LogP contribution is 2.32. The molecule has 0 bridgehead atoms. The van der Waals surface area contributed by atoms with E-state index in [0.717, 1.165) is 41.8 Å². The molecule has 0 radical (unpaired) electrons. The van der Waals surface area contributed by atoms with E-state index < -0.39 is 0 Å². The predicted molar refractivity (Wildman–Crippen MR) is 80.8 cm³/mol. The van der Waals surface area contributed by atoms with Gasteiger partial charge in [-0.25, -0.2) is 15.0 Å². The summed E-state index contributed by atoms with van der Waals surface area (Å²) in [4.78, 5) is 15.6. The third-order valence-electron chi connectivity index (χ3n) is 3.76. The van der Waals surface area contributed by atoms with Crippen molar-refractivity contribution in [2.45, 2.75) is 32.8 Å². The lowest BCUT2D eigenvalue weighted by molar-refractivity contribution is 0.154. The summed E-state index contributed by atoms with van der Waals surface area (Å²) in [6.07, 6.45) is 1.48. The first-order chi connectivity index (χ1) is 10.1. The number of aliphatic hydroxyl groups excluding tert-OH is 1. The molecule has 1 N–H and O–H groups in total. The Morgan fingerprint density at radius 2 is 2.10 bits per heavy atom. The number of aromatic nitrogens is 3. The van der Waals surface area contributed by atoms with Crippen molar-refractivity contribution < 1.29 is 9.84 Å². The van der Waals surface area contributed by atoms with E-state index in [-0.39, 0.29) is 6.10 Å². The number of hydrogen-bond donors (Lipinski definition) is 1. The lowest BCUT2D eigenvalue weighted by Gasteiger charge is -2.32. The van der Waals surface area contributed by atoms with Gasteiger partial charge in [0, 0.05) is 18.8 Å². The van der Waals surface area contributed by atoms with Crippen molar-refractivity contribution >= 4 is 16.7 Å². The minimum Gasteiger partial charge on any atom is -0.480 e. The Bertz CT molecular complexity index is 669. The molecule has 0 amide bonds. The molecule has 1 aliphatic rings. The van der Waals surface area contributed by atoms with Gasteiger partial charge in [-0.1, -0.05) is 0 Å². The van der Waals surface area contributed by atoms with Crippen molar-refractivity contribution in [3.63, 3.8) is 0 Å². The van der Waals surface area contributed by atoms with Gasteiger partial charge < -0.3 is 14.7 Å². The number of ether oxygens (including phenoxy) is 1. The average molecular weight is 288 g/mol. The monoisotopic (exact) mass is 288 g/mol. The maximum Gasteiger partial charge on any atom is 0.226 e. The van der Waals surface area contributed by atoms with Gasteiger partial charge in [-0.15, -0.1) is 0 Å². The second-order valence-corrected chi connectivity index (χ2v) is 5.50. The van der Waals surface area contributed by atoms with Crippen LogP contribution in [0.15, 0.2) is 6.07 Å². The maximum atomic E-state index is 9.92. The SMILES string of the molecule is COc1nc(C)cc2nc(C)nc(N3CCCC(O)C3)c12. The van der Waals surface area contributed by atoms with Crippen molar-refractivity contribution in [1.82, 2.24) is 15.0 Å². The number of β-amino-alcohol motifs (C(OH)–C–C–N with tert-alkyl or cyclic N) is 1. The third-order valence-corrected chi connectivity index (χ3v) is 3.76. The van der Waals surface area contributed by atoms with Crippen LogP contribution in [0.25, 0.3) is 10.9 Å². The number of nitrogens with zero attached hydrogens (tertiary/aromatic N) is 4. The highest BCUT2D eigenvalue weighted by atomic mass is 16.5. The van der Waals surface area contributed by atoms with E-state index >= 15 is 0 Å². The molecule has 21 heavy (non-hydrogen) atoms. The van der Waals surface area contributed by atoms with E-state index in [1.807, 2.05) is 19.9 Å². The Kier molecular flexibility index (Phi) is 3.63. The lowest BCUT2D eigenvalue weighted by atomic mass is 10.1. The van der Waals surface area contributed by atoms with E-state index in [2.05, 4.69) is 19.9 Å². The van der Waals surface area contributed by atoms with Crippen LogP contribution in [0.1, 0.15) is 24.4 Å². The average Bonchev–Trinajstić information content (AvgIpc) is 2.45. The molecule has 0 spiro atoms. The highest BCUT2D eigenvalue weighted by Gasteiger charge is 2.23. The quantitative estimate of drug-likeness (QED) is 0.905. The van der Waals surface area contributed by atoms with Crippen LogP contribution in [0.4, 0.5) is 5.82 Å². The zero-order valence-electron chi connectivity index (χ0n) is 12.6. The van der Waals surface area contributed by atoms with Crippen LogP contribution in [-0.4, -0.2) is 46.4 Å². The van der Waals surface area contributed by atoms with Gasteiger partial charge in [-0.3, -0.25) is 0 Å². The van der Waals surface area contributed by atoms with Crippen LogP contribution >= 0.6 is 0 Å². The molecule has 3 heterocycles. The van der Waals surface area contributed by atoms with E-state index in [4.69, 9.17) is 4.74 Å². The number of rotatable bonds is 2. The van der Waals surface area contributed by atoms with Crippen LogP contribution in [0.5, 0.6) is 5.88 Å². The van der Waals surface area contributed by atoms with E-state index in [1.54, 1.807) is 7.11 Å². The number of hydrogen-bond acceptors (Lipinski definition) is 6. The number of aliphatic hydroxyl groups is 1. The Morgan fingerprint density at radius 1 is 1.29 bits per heavy atom. The molecule has 1 atom stereocenters. The first kappa shape index (κ1) is 14.0. The van der Waals surface area contributed by atoms with Gasteiger partial charge in [-0.05, 0) is 32.8 Å². The van der Waals surface area contributed by atoms with Crippen LogP contribution < -0.4 is 9.64 Å². The molecule has 0 aromatic carbocycles. The number of anilines is 1. The van der Waals surface area contributed by atoms with Gasteiger partial charge >= 0.3 is 0 Å². The normalized spacial score (nSPS) is 19.0. The van der Waals surface area contributed by atoms with Crippen molar-refractivity contribution in [2.24, 2.45) is 0 Å². The van der Waals surface area contributed by atoms with E-state index in [0.29, 0.717) is 18.2 Å². The van der Waals surface area contributed by atoms with Crippen LogP contribution in [-0.2, 0) is 0 Å². The molecule has 3 rings (SSSR count). The molecule has 1 unspecified atom stereocenters. The minimum atomic E-state index is -0.312. The van der Waals surface area contributed by atoms with Crippen LogP contribution in [0.2, 0.25) is 0 Å². The summed E-state index contributed by atoms with van der Waals surface area (Å²) < 4.78 is 5.43. The standard InChI is InChI=1S/C15H20N4O2/c1-9-7-12-13(15(16-9)21-3)14(18-10(2)17-12)19-6-4-5-11(20)8-19/h7,11,20H,4-6,8H2,1-3H3. The number of methoxy groups -OCH3 is 1. The van der Waals surface area contributed by atoms with Gasteiger partial charge in [0.25, 0.3) is 0 Å². The zero-order valence-corrected chi connectivity index (χ0v) is 12.6. The second kappa shape index (κ2) is 5.44. The van der Waals surface area contributed by atoms with Gasteiger partial charge in [-0.2, -0.15) is 0 Å². The smallest absolute Gasteiger partial charge is 0.226 e. The molecule has 6 nitrogen and oxygen atoms in total. The van der Waals surface area contributed by atoms with Crippen LogP contribution in [0, 0.1) is 13.8 Å². The molecule has 1 fully saturated rings. The largest absolute Gasteiger partial charge is 0.480 e. The molecule has 1 saturated heterocycles. The fraction of sp³-hybridized carbons (Fsp3) is 0.533. The first-order valence-electron chi connectivity index (χ1n) is 7.21. The fourth-order valence-corrected chi connectivity index (χ4v) is 2.86. The zero-order chi connectivity index (χ0) is 15.0. The summed E-state index contributed by atoms with van der Waals surface area (Å²) in [5.74, 6) is 2.06. The number of aryl methyl sites for hydroxylation is 2. The maximum absolute atomic E-state index is 9.92. The molecule has 2 aromatic rings. The Labute approximate surface area is 123 Å². The van der Waals surface area contributed by atoms with Gasteiger partial charge in [0.2, 0.25) is 5.88 Å². The summed E-state index contributed by atoms with van der Waals surface area (Å²) in [5, 5.41) is 10.7. The molecule has 112 valence electrons. The number of pyridine rings is 1. The molecule has 0 aliphatic carbocycles. The fourth-order valence-electron chi connectivity index (χ4n) is 2.86. The molecule has 2 aromatic heterocycles.